The molecular formula is C9H7N5O4S. The van der Waals surface area contributed by atoms with Gasteiger partial charge < -0.3 is 5.11 Å². The zero-order valence-electron chi connectivity index (χ0n) is 9.55. The first-order chi connectivity index (χ1) is 8.99. The van der Waals surface area contributed by atoms with Crippen molar-refractivity contribution in [1.29, 1.82) is 0 Å². The van der Waals surface area contributed by atoms with E-state index in [1.807, 2.05) is 0 Å². The molecule has 0 aliphatic heterocycles. The first-order valence-electron chi connectivity index (χ1n) is 4.91. The Morgan fingerprint density at radius 2 is 2.26 bits per heavy atom. The van der Waals surface area contributed by atoms with Gasteiger partial charge in [0.2, 0.25) is 5.16 Å². The Balaban J connectivity index is 2.46. The fourth-order valence-corrected chi connectivity index (χ4v) is 2.18. The number of aryl methyl sites for hydroxylation is 1. The Morgan fingerprint density at radius 1 is 1.53 bits per heavy atom. The Hall–Kier alpha value is -2.49. The molecule has 0 radical (unpaired) electrons. The number of rotatable bonds is 4. The van der Waals surface area contributed by atoms with E-state index in [0.717, 1.165) is 17.8 Å². The van der Waals surface area contributed by atoms with Gasteiger partial charge >= 0.3 is 5.97 Å². The monoisotopic (exact) mass is 281 g/mol. The second-order valence-electron chi connectivity index (χ2n) is 3.43. The first-order valence-corrected chi connectivity index (χ1v) is 5.72. The normalized spacial score (nSPS) is 10.4. The van der Waals surface area contributed by atoms with Crippen LogP contribution in [0.3, 0.4) is 0 Å². The molecule has 98 valence electrons. The number of non-ortho nitro benzene ring substituents is 1. The third-order valence-corrected chi connectivity index (χ3v) is 3.28. The van der Waals surface area contributed by atoms with Crippen molar-refractivity contribution in [3.05, 3.63) is 33.9 Å². The summed E-state index contributed by atoms with van der Waals surface area (Å²) < 4.78 is 1.34. The third-order valence-electron chi connectivity index (χ3n) is 2.19. The lowest BCUT2D eigenvalue weighted by atomic mass is 10.2. The second-order valence-corrected chi connectivity index (χ2v) is 4.44. The van der Waals surface area contributed by atoms with E-state index in [2.05, 4.69) is 15.5 Å². The maximum atomic E-state index is 11.1. The number of carbonyl (C=O) groups is 1. The van der Waals surface area contributed by atoms with Crippen LogP contribution in [0.5, 0.6) is 0 Å². The molecule has 0 saturated heterocycles. The Kier molecular flexibility index (Phi) is 3.42. The minimum atomic E-state index is -1.17. The molecule has 9 nitrogen and oxygen atoms in total. The molecule has 0 amide bonds. The second kappa shape index (κ2) is 5.02. The smallest absolute Gasteiger partial charge is 0.336 e. The number of aromatic nitrogens is 4. The van der Waals surface area contributed by atoms with Gasteiger partial charge in [0.15, 0.2) is 0 Å². The summed E-state index contributed by atoms with van der Waals surface area (Å²) in [4.78, 5) is 21.4. The highest BCUT2D eigenvalue weighted by atomic mass is 32.2. The van der Waals surface area contributed by atoms with E-state index in [-0.39, 0.29) is 16.1 Å². The van der Waals surface area contributed by atoms with Crippen LogP contribution in [0.4, 0.5) is 5.69 Å². The number of tetrazole rings is 1. The van der Waals surface area contributed by atoms with Crippen molar-refractivity contribution in [2.45, 2.75) is 10.1 Å². The number of hydrogen-bond acceptors (Lipinski definition) is 7. The van der Waals surface area contributed by atoms with Gasteiger partial charge in [-0.1, -0.05) is 0 Å². The number of nitro groups is 1. The highest BCUT2D eigenvalue weighted by Crippen LogP contribution is 2.31. The van der Waals surface area contributed by atoms with E-state index < -0.39 is 10.9 Å². The molecule has 0 spiro atoms. The van der Waals surface area contributed by atoms with Gasteiger partial charge in [0, 0.05) is 24.1 Å². The zero-order valence-corrected chi connectivity index (χ0v) is 10.4. The SMILES string of the molecule is Cn1nnnc1Sc1cc([N+](=O)[O-])ccc1C(=O)O. The molecule has 0 saturated carbocycles. The number of benzene rings is 1. The predicted octanol–water partition coefficient (Wildman–Crippen LogP) is 0.968. The summed E-state index contributed by atoms with van der Waals surface area (Å²) in [5.74, 6) is -1.17. The topological polar surface area (TPSA) is 124 Å². The average molecular weight is 281 g/mol. The minimum absolute atomic E-state index is 0.0430. The standard InChI is InChI=1S/C9H7N5O4S/c1-13-9(10-11-12-13)19-7-4-5(14(17)18)2-3-6(7)8(15)16/h2-4H,1H3,(H,15,16). The average Bonchev–Trinajstić information content (AvgIpc) is 2.74. The minimum Gasteiger partial charge on any atom is -0.478 e. The van der Waals surface area contributed by atoms with Crippen LogP contribution in [-0.4, -0.2) is 36.2 Å². The van der Waals surface area contributed by atoms with Crippen LogP contribution in [0.15, 0.2) is 28.3 Å². The van der Waals surface area contributed by atoms with Gasteiger partial charge in [-0.05, 0) is 28.3 Å². The molecule has 0 fully saturated rings. The van der Waals surface area contributed by atoms with Crippen LogP contribution < -0.4 is 0 Å². The van der Waals surface area contributed by atoms with Gasteiger partial charge in [0.25, 0.3) is 5.69 Å². The molecule has 0 unspecified atom stereocenters. The molecule has 10 heteroatoms. The van der Waals surface area contributed by atoms with E-state index in [1.165, 1.54) is 16.8 Å². The van der Waals surface area contributed by atoms with E-state index in [4.69, 9.17) is 5.11 Å². The third kappa shape index (κ3) is 2.68. The Bertz CT molecular complexity index is 656. The van der Waals surface area contributed by atoms with Crippen LogP contribution in [0.2, 0.25) is 0 Å². The lowest BCUT2D eigenvalue weighted by Gasteiger charge is -2.04. The molecular weight excluding hydrogens is 274 g/mol. The largest absolute Gasteiger partial charge is 0.478 e. The molecule has 19 heavy (non-hydrogen) atoms. The molecule has 1 aromatic heterocycles. The molecule has 0 aliphatic carbocycles. The molecule has 1 aromatic carbocycles. The van der Waals surface area contributed by atoms with Gasteiger partial charge in [-0.3, -0.25) is 10.1 Å². The highest BCUT2D eigenvalue weighted by molar-refractivity contribution is 7.99. The van der Waals surface area contributed by atoms with Crippen LogP contribution in [-0.2, 0) is 7.05 Å². The quantitative estimate of drug-likeness (QED) is 0.649. The van der Waals surface area contributed by atoms with Crippen LogP contribution in [0.25, 0.3) is 0 Å². The van der Waals surface area contributed by atoms with E-state index in [0.29, 0.717) is 5.16 Å². The number of nitro benzene ring substituents is 1. The summed E-state index contributed by atoms with van der Waals surface area (Å²) in [5.41, 5.74) is -0.235. The number of aromatic carboxylic acids is 1. The van der Waals surface area contributed by atoms with Crippen LogP contribution in [0, 0.1) is 10.1 Å². The van der Waals surface area contributed by atoms with Crippen LogP contribution in [0.1, 0.15) is 10.4 Å². The molecule has 0 atom stereocenters. The van der Waals surface area contributed by atoms with Crippen LogP contribution >= 0.6 is 11.8 Å². The van der Waals surface area contributed by atoms with Gasteiger partial charge in [0.1, 0.15) is 0 Å². The molecule has 1 heterocycles. The van der Waals surface area contributed by atoms with Crippen molar-refractivity contribution in [3.63, 3.8) is 0 Å². The van der Waals surface area contributed by atoms with Crippen molar-refractivity contribution in [1.82, 2.24) is 20.2 Å². The van der Waals surface area contributed by atoms with E-state index in [1.54, 1.807) is 7.05 Å². The van der Waals surface area contributed by atoms with Gasteiger partial charge in [-0.2, -0.15) is 0 Å². The van der Waals surface area contributed by atoms with E-state index in [9.17, 15) is 14.9 Å². The van der Waals surface area contributed by atoms with Gasteiger partial charge in [0.05, 0.1) is 10.5 Å². The lowest BCUT2D eigenvalue weighted by Crippen LogP contribution is -2.01. The number of carboxylic acids is 1. The van der Waals surface area contributed by atoms with Crippen molar-refractivity contribution in [3.8, 4) is 0 Å². The fraction of sp³-hybridized carbons (Fsp3) is 0.111. The molecule has 0 aliphatic rings. The molecule has 2 rings (SSSR count). The van der Waals surface area contributed by atoms with Crippen molar-refractivity contribution in [2.75, 3.05) is 0 Å². The number of nitrogens with zero attached hydrogens (tertiary/aromatic N) is 5. The van der Waals surface area contributed by atoms with E-state index >= 15 is 0 Å². The maximum Gasteiger partial charge on any atom is 0.336 e. The van der Waals surface area contributed by atoms with Crippen molar-refractivity contribution in [2.24, 2.45) is 7.05 Å². The van der Waals surface area contributed by atoms with Crippen molar-refractivity contribution >= 4 is 23.4 Å². The molecule has 1 N–H and O–H groups in total. The van der Waals surface area contributed by atoms with Gasteiger partial charge in [-0.15, -0.1) is 5.10 Å². The number of hydrogen-bond donors (Lipinski definition) is 1. The summed E-state index contributed by atoms with van der Waals surface area (Å²) >= 11 is 0.949. The summed E-state index contributed by atoms with van der Waals surface area (Å²) in [5, 5.41) is 30.8. The molecule has 0 bridgehead atoms. The Morgan fingerprint density at radius 3 is 2.79 bits per heavy atom. The fourth-order valence-electron chi connectivity index (χ4n) is 1.29. The summed E-state index contributed by atoms with van der Waals surface area (Å²) in [6.07, 6.45) is 0. The predicted molar refractivity (Wildman–Crippen MR) is 63.0 cm³/mol. The van der Waals surface area contributed by atoms with Gasteiger partial charge in [-0.25, -0.2) is 9.48 Å². The summed E-state index contributed by atoms with van der Waals surface area (Å²) in [7, 11) is 1.58. The maximum absolute atomic E-state index is 11.1. The zero-order chi connectivity index (χ0) is 14.0. The first kappa shape index (κ1) is 13.0. The Labute approximate surface area is 110 Å². The number of carboxylic acid groups (broad SMARTS) is 1. The summed E-state index contributed by atoms with van der Waals surface area (Å²) in [6, 6.07) is 3.51. The lowest BCUT2D eigenvalue weighted by molar-refractivity contribution is -0.385. The summed E-state index contributed by atoms with van der Waals surface area (Å²) in [6.45, 7) is 0. The highest BCUT2D eigenvalue weighted by Gasteiger charge is 2.18. The van der Waals surface area contributed by atoms with Crippen molar-refractivity contribution < 1.29 is 14.8 Å². The molecule has 2 aromatic rings.